The van der Waals surface area contributed by atoms with Crippen LogP contribution in [-0.2, 0) is 4.74 Å². The molecule has 0 spiro atoms. The summed E-state index contributed by atoms with van der Waals surface area (Å²) in [6.07, 6.45) is 0. The van der Waals surface area contributed by atoms with E-state index in [2.05, 4.69) is 9.72 Å². The summed E-state index contributed by atoms with van der Waals surface area (Å²) in [4.78, 5) is 15.3. The Labute approximate surface area is 98.2 Å². The number of esters is 1. The molecule has 1 heterocycles. The van der Waals surface area contributed by atoms with Crippen LogP contribution in [0.3, 0.4) is 0 Å². The highest BCUT2D eigenvalue weighted by molar-refractivity contribution is 5.92. The number of aryl methyl sites for hydroxylation is 1. The van der Waals surface area contributed by atoms with E-state index in [0.717, 1.165) is 11.1 Å². The van der Waals surface area contributed by atoms with Crippen molar-refractivity contribution in [2.24, 2.45) is 0 Å². The molecule has 0 saturated carbocycles. The zero-order chi connectivity index (χ0) is 12.4. The second-order valence-electron chi connectivity index (χ2n) is 3.59. The fraction of sp³-hybridized carbons (Fsp3) is 0.167. The first-order valence-electron chi connectivity index (χ1n) is 5.03. The third kappa shape index (κ3) is 2.13. The number of nitrogens with zero attached hydrogens (tertiary/aromatic N) is 1. The van der Waals surface area contributed by atoms with E-state index >= 15 is 0 Å². The van der Waals surface area contributed by atoms with Gasteiger partial charge in [0.15, 0.2) is 0 Å². The number of rotatable bonds is 2. The van der Waals surface area contributed by atoms with Gasteiger partial charge in [0, 0.05) is 5.56 Å². The summed E-state index contributed by atoms with van der Waals surface area (Å²) in [7, 11) is 1.27. The Bertz CT molecular complexity index is 543. The van der Waals surface area contributed by atoms with E-state index in [-0.39, 0.29) is 11.6 Å². The molecule has 1 aromatic heterocycles. The van der Waals surface area contributed by atoms with Gasteiger partial charge in [-0.25, -0.2) is 4.79 Å². The van der Waals surface area contributed by atoms with Gasteiger partial charge < -0.3 is 14.9 Å². The van der Waals surface area contributed by atoms with Gasteiger partial charge in [-0.2, -0.15) is 4.98 Å². The third-order valence-corrected chi connectivity index (χ3v) is 2.33. The third-order valence-electron chi connectivity index (χ3n) is 2.33. The molecule has 0 aliphatic carbocycles. The number of methoxy groups -OCH3 is 1. The SMILES string of the molecule is COC(=O)c1nc(-c2ccc(C)cc2)oc1N. The largest absolute Gasteiger partial charge is 0.464 e. The van der Waals surface area contributed by atoms with Gasteiger partial charge in [-0.15, -0.1) is 0 Å². The number of nitrogen functional groups attached to an aromatic ring is 1. The van der Waals surface area contributed by atoms with Crippen molar-refractivity contribution in [3.8, 4) is 11.5 Å². The molecule has 2 N–H and O–H groups in total. The Morgan fingerprint density at radius 2 is 2.00 bits per heavy atom. The molecular weight excluding hydrogens is 220 g/mol. The standard InChI is InChI=1S/C12H12N2O3/c1-7-3-5-8(6-4-7)11-14-9(10(13)17-11)12(15)16-2/h3-6H,13H2,1-2H3. The average molecular weight is 232 g/mol. The van der Waals surface area contributed by atoms with Gasteiger partial charge in [0.1, 0.15) is 0 Å². The zero-order valence-corrected chi connectivity index (χ0v) is 9.56. The number of benzene rings is 1. The van der Waals surface area contributed by atoms with Crippen molar-refractivity contribution in [2.45, 2.75) is 6.92 Å². The van der Waals surface area contributed by atoms with Crippen LogP contribution in [0, 0.1) is 6.92 Å². The topological polar surface area (TPSA) is 78.3 Å². The van der Waals surface area contributed by atoms with E-state index in [9.17, 15) is 4.79 Å². The Morgan fingerprint density at radius 3 is 2.59 bits per heavy atom. The Morgan fingerprint density at radius 1 is 1.35 bits per heavy atom. The van der Waals surface area contributed by atoms with Crippen LogP contribution in [-0.4, -0.2) is 18.1 Å². The normalized spacial score (nSPS) is 10.2. The summed E-state index contributed by atoms with van der Waals surface area (Å²) in [5.74, 6) is -0.333. The second kappa shape index (κ2) is 4.29. The van der Waals surface area contributed by atoms with Crippen LogP contribution in [0.5, 0.6) is 0 Å². The molecule has 17 heavy (non-hydrogen) atoms. The highest BCUT2D eigenvalue weighted by atomic mass is 16.5. The Kier molecular flexibility index (Phi) is 2.82. The predicted octanol–water partition coefficient (Wildman–Crippen LogP) is 2.02. The minimum Gasteiger partial charge on any atom is -0.464 e. The maximum absolute atomic E-state index is 11.3. The number of carbonyl (C=O) groups is 1. The second-order valence-corrected chi connectivity index (χ2v) is 3.59. The van der Waals surface area contributed by atoms with Crippen molar-refractivity contribution >= 4 is 11.9 Å². The molecule has 0 amide bonds. The molecule has 0 radical (unpaired) electrons. The van der Waals surface area contributed by atoms with Crippen LogP contribution in [0.15, 0.2) is 28.7 Å². The maximum Gasteiger partial charge on any atom is 0.362 e. The summed E-state index contributed by atoms with van der Waals surface area (Å²) in [5.41, 5.74) is 7.45. The highest BCUT2D eigenvalue weighted by Crippen LogP contribution is 2.24. The number of carbonyl (C=O) groups excluding carboxylic acids is 1. The quantitative estimate of drug-likeness (QED) is 0.801. The van der Waals surface area contributed by atoms with Crippen LogP contribution >= 0.6 is 0 Å². The zero-order valence-electron chi connectivity index (χ0n) is 9.56. The molecule has 2 rings (SSSR count). The van der Waals surface area contributed by atoms with E-state index < -0.39 is 5.97 Å². The molecule has 5 nitrogen and oxygen atoms in total. The summed E-state index contributed by atoms with van der Waals surface area (Å²) in [6, 6.07) is 7.55. The Hall–Kier alpha value is -2.30. The fourth-order valence-electron chi connectivity index (χ4n) is 1.39. The van der Waals surface area contributed by atoms with Gasteiger partial charge in [0.05, 0.1) is 7.11 Å². The number of anilines is 1. The first-order chi connectivity index (χ1) is 8.11. The number of oxazole rings is 1. The van der Waals surface area contributed by atoms with E-state index in [1.165, 1.54) is 7.11 Å². The maximum atomic E-state index is 11.3. The van der Waals surface area contributed by atoms with E-state index in [4.69, 9.17) is 10.2 Å². The molecule has 0 aliphatic rings. The Balaban J connectivity index is 2.41. The van der Waals surface area contributed by atoms with Crippen molar-refractivity contribution in [1.82, 2.24) is 4.98 Å². The molecule has 1 aromatic carbocycles. The van der Waals surface area contributed by atoms with Gasteiger partial charge >= 0.3 is 5.97 Å². The van der Waals surface area contributed by atoms with Crippen molar-refractivity contribution in [3.63, 3.8) is 0 Å². The van der Waals surface area contributed by atoms with Crippen molar-refractivity contribution in [3.05, 3.63) is 35.5 Å². The lowest BCUT2D eigenvalue weighted by atomic mass is 10.1. The predicted molar refractivity (Wildman–Crippen MR) is 62.4 cm³/mol. The van der Waals surface area contributed by atoms with Crippen LogP contribution in [0.25, 0.3) is 11.5 Å². The van der Waals surface area contributed by atoms with Crippen molar-refractivity contribution in [2.75, 3.05) is 12.8 Å². The molecule has 0 fully saturated rings. The van der Waals surface area contributed by atoms with Gasteiger partial charge in [-0.1, -0.05) is 17.7 Å². The number of hydrogen-bond acceptors (Lipinski definition) is 5. The fourth-order valence-corrected chi connectivity index (χ4v) is 1.39. The molecule has 0 aliphatic heterocycles. The summed E-state index contributed by atoms with van der Waals surface area (Å²) in [6.45, 7) is 1.98. The lowest BCUT2D eigenvalue weighted by molar-refractivity contribution is 0.0595. The van der Waals surface area contributed by atoms with Crippen LogP contribution < -0.4 is 5.73 Å². The summed E-state index contributed by atoms with van der Waals surface area (Å²) >= 11 is 0. The van der Waals surface area contributed by atoms with Crippen LogP contribution in [0.1, 0.15) is 16.1 Å². The molecule has 5 heteroatoms. The minimum absolute atomic E-state index is 0.00285. The van der Waals surface area contributed by atoms with Gasteiger partial charge in [0.2, 0.25) is 17.5 Å². The lowest BCUT2D eigenvalue weighted by Gasteiger charge is -1.95. The van der Waals surface area contributed by atoms with Crippen molar-refractivity contribution < 1.29 is 13.9 Å². The molecule has 0 bridgehead atoms. The van der Waals surface area contributed by atoms with Crippen LogP contribution in [0.4, 0.5) is 5.88 Å². The molecule has 88 valence electrons. The summed E-state index contributed by atoms with van der Waals surface area (Å²) < 4.78 is 9.77. The van der Waals surface area contributed by atoms with E-state index in [0.29, 0.717) is 5.89 Å². The lowest BCUT2D eigenvalue weighted by Crippen LogP contribution is -2.04. The first kappa shape index (κ1) is 11.2. The summed E-state index contributed by atoms with van der Waals surface area (Å²) in [5, 5.41) is 0. The van der Waals surface area contributed by atoms with Crippen LogP contribution in [0.2, 0.25) is 0 Å². The van der Waals surface area contributed by atoms with Crippen molar-refractivity contribution in [1.29, 1.82) is 0 Å². The monoisotopic (exact) mass is 232 g/mol. The van der Waals surface area contributed by atoms with Gasteiger partial charge in [-0.3, -0.25) is 0 Å². The average Bonchev–Trinajstić information content (AvgIpc) is 2.71. The molecular formula is C12H12N2O3. The number of aromatic nitrogens is 1. The smallest absolute Gasteiger partial charge is 0.362 e. The van der Waals surface area contributed by atoms with Gasteiger partial charge in [0.25, 0.3) is 0 Å². The molecule has 2 aromatic rings. The van der Waals surface area contributed by atoms with Gasteiger partial charge in [-0.05, 0) is 19.1 Å². The molecule has 0 unspecified atom stereocenters. The number of nitrogens with two attached hydrogens (primary N) is 1. The first-order valence-corrected chi connectivity index (χ1v) is 5.03. The number of hydrogen-bond donors (Lipinski definition) is 1. The number of ether oxygens (including phenoxy) is 1. The highest BCUT2D eigenvalue weighted by Gasteiger charge is 2.19. The van der Waals surface area contributed by atoms with E-state index in [1.807, 2.05) is 31.2 Å². The molecule has 0 saturated heterocycles. The van der Waals surface area contributed by atoms with E-state index in [1.54, 1.807) is 0 Å². The minimum atomic E-state index is -0.607. The molecule has 0 atom stereocenters.